The minimum absolute atomic E-state index is 0.136. The van der Waals surface area contributed by atoms with E-state index in [1.807, 2.05) is 20.0 Å². The maximum Gasteiger partial charge on any atom is 0.275 e. The number of rotatable bonds is 4. The summed E-state index contributed by atoms with van der Waals surface area (Å²) < 4.78 is 1.66. The SMILES string of the molecule is CCc1nc(NC(=O)c2cc(C3CC3)nn2C)sc1C. The van der Waals surface area contributed by atoms with E-state index in [2.05, 4.69) is 22.3 Å². The Kier molecular flexibility index (Phi) is 3.33. The molecule has 2 aromatic heterocycles. The Morgan fingerprint density at radius 2 is 2.30 bits per heavy atom. The Morgan fingerprint density at radius 3 is 2.90 bits per heavy atom. The van der Waals surface area contributed by atoms with Crippen molar-refractivity contribution in [3.05, 3.63) is 28.0 Å². The molecule has 1 aliphatic rings. The molecule has 0 unspecified atom stereocenters. The first-order valence-electron chi connectivity index (χ1n) is 6.90. The Bertz CT molecular complexity index is 654. The van der Waals surface area contributed by atoms with Crippen molar-refractivity contribution in [1.29, 1.82) is 0 Å². The summed E-state index contributed by atoms with van der Waals surface area (Å²) in [6.07, 6.45) is 3.25. The molecule has 3 rings (SSSR count). The topological polar surface area (TPSA) is 59.8 Å². The number of carbonyl (C=O) groups excluding carboxylic acids is 1. The van der Waals surface area contributed by atoms with E-state index in [1.54, 1.807) is 4.68 Å². The van der Waals surface area contributed by atoms with Gasteiger partial charge in [0.1, 0.15) is 5.69 Å². The number of carbonyl (C=O) groups is 1. The molecular weight excluding hydrogens is 272 g/mol. The number of thiazole rings is 1. The summed E-state index contributed by atoms with van der Waals surface area (Å²) in [6.45, 7) is 4.10. The predicted molar refractivity (Wildman–Crippen MR) is 79.4 cm³/mol. The van der Waals surface area contributed by atoms with Gasteiger partial charge in [-0.05, 0) is 32.3 Å². The van der Waals surface area contributed by atoms with E-state index in [0.29, 0.717) is 16.7 Å². The fourth-order valence-electron chi connectivity index (χ4n) is 2.25. The highest BCUT2D eigenvalue weighted by Crippen LogP contribution is 2.39. The zero-order valence-electron chi connectivity index (χ0n) is 11.9. The first kappa shape index (κ1) is 13.3. The highest BCUT2D eigenvalue weighted by Gasteiger charge is 2.28. The van der Waals surface area contributed by atoms with Crippen molar-refractivity contribution in [2.24, 2.45) is 7.05 Å². The van der Waals surface area contributed by atoms with Crippen LogP contribution in [0.25, 0.3) is 0 Å². The maximum absolute atomic E-state index is 12.3. The molecule has 0 aliphatic heterocycles. The molecule has 106 valence electrons. The molecule has 5 nitrogen and oxygen atoms in total. The van der Waals surface area contributed by atoms with Gasteiger partial charge in [0.25, 0.3) is 5.91 Å². The molecule has 2 heterocycles. The van der Waals surface area contributed by atoms with E-state index in [-0.39, 0.29) is 5.91 Å². The Labute approximate surface area is 122 Å². The molecule has 0 atom stereocenters. The largest absolute Gasteiger partial charge is 0.296 e. The van der Waals surface area contributed by atoms with E-state index in [0.717, 1.165) is 22.7 Å². The average Bonchev–Trinajstić information content (AvgIpc) is 3.10. The number of nitrogens with one attached hydrogen (secondary N) is 1. The summed E-state index contributed by atoms with van der Waals surface area (Å²) in [5.41, 5.74) is 2.67. The second-order valence-corrected chi connectivity index (χ2v) is 6.39. The summed E-state index contributed by atoms with van der Waals surface area (Å²) in [7, 11) is 1.81. The smallest absolute Gasteiger partial charge is 0.275 e. The third-order valence-corrected chi connectivity index (χ3v) is 4.50. The lowest BCUT2D eigenvalue weighted by molar-refractivity contribution is 0.101. The van der Waals surface area contributed by atoms with Crippen molar-refractivity contribution < 1.29 is 4.79 Å². The predicted octanol–water partition coefficient (Wildman–Crippen LogP) is 2.88. The van der Waals surface area contributed by atoms with Gasteiger partial charge in [-0.2, -0.15) is 5.10 Å². The van der Waals surface area contributed by atoms with Crippen LogP contribution in [-0.4, -0.2) is 20.7 Å². The van der Waals surface area contributed by atoms with Crippen molar-refractivity contribution in [3.8, 4) is 0 Å². The monoisotopic (exact) mass is 290 g/mol. The zero-order chi connectivity index (χ0) is 14.3. The molecule has 1 saturated carbocycles. The van der Waals surface area contributed by atoms with Gasteiger partial charge in [-0.3, -0.25) is 14.8 Å². The van der Waals surface area contributed by atoms with Gasteiger partial charge < -0.3 is 0 Å². The second kappa shape index (κ2) is 5.01. The number of aryl methyl sites for hydroxylation is 3. The van der Waals surface area contributed by atoms with Crippen LogP contribution in [0.1, 0.15) is 52.4 Å². The number of anilines is 1. The lowest BCUT2D eigenvalue weighted by Crippen LogP contribution is -2.15. The lowest BCUT2D eigenvalue weighted by Gasteiger charge is -2.01. The standard InChI is InChI=1S/C14H18N4OS/c1-4-10-8(2)20-14(15-10)16-13(19)12-7-11(9-5-6-9)17-18(12)3/h7,9H,4-6H2,1-3H3,(H,15,16,19). The maximum atomic E-state index is 12.3. The zero-order valence-corrected chi connectivity index (χ0v) is 12.8. The van der Waals surface area contributed by atoms with Gasteiger partial charge in [-0.1, -0.05) is 6.92 Å². The second-order valence-electron chi connectivity index (χ2n) is 5.18. The average molecular weight is 290 g/mol. The molecule has 1 amide bonds. The Balaban J connectivity index is 1.78. The van der Waals surface area contributed by atoms with Gasteiger partial charge in [0, 0.05) is 17.8 Å². The molecule has 0 bridgehead atoms. The van der Waals surface area contributed by atoms with Crippen LogP contribution in [0.5, 0.6) is 0 Å². The highest BCUT2D eigenvalue weighted by molar-refractivity contribution is 7.15. The van der Waals surface area contributed by atoms with E-state index < -0.39 is 0 Å². The number of aromatic nitrogens is 3. The van der Waals surface area contributed by atoms with Crippen LogP contribution in [0.4, 0.5) is 5.13 Å². The molecule has 6 heteroatoms. The number of nitrogens with zero attached hydrogens (tertiary/aromatic N) is 3. The Morgan fingerprint density at radius 1 is 1.55 bits per heavy atom. The highest BCUT2D eigenvalue weighted by atomic mass is 32.1. The van der Waals surface area contributed by atoms with E-state index in [1.165, 1.54) is 24.2 Å². The summed E-state index contributed by atoms with van der Waals surface area (Å²) >= 11 is 1.52. The molecule has 1 fully saturated rings. The van der Waals surface area contributed by atoms with Crippen molar-refractivity contribution >= 4 is 22.4 Å². The molecule has 0 saturated heterocycles. The van der Waals surface area contributed by atoms with Crippen LogP contribution in [0.15, 0.2) is 6.07 Å². The Hall–Kier alpha value is -1.69. The minimum atomic E-state index is -0.136. The van der Waals surface area contributed by atoms with Crippen molar-refractivity contribution in [3.63, 3.8) is 0 Å². The normalized spacial score (nSPS) is 14.6. The molecule has 0 radical (unpaired) electrons. The molecule has 2 aromatic rings. The van der Waals surface area contributed by atoms with Crippen LogP contribution in [0, 0.1) is 6.92 Å². The summed E-state index contributed by atoms with van der Waals surface area (Å²) in [5, 5.41) is 7.95. The molecule has 20 heavy (non-hydrogen) atoms. The quantitative estimate of drug-likeness (QED) is 0.942. The van der Waals surface area contributed by atoms with Gasteiger partial charge in [0.05, 0.1) is 11.4 Å². The fourth-order valence-corrected chi connectivity index (χ4v) is 3.15. The van der Waals surface area contributed by atoms with Crippen LogP contribution < -0.4 is 5.32 Å². The molecule has 1 N–H and O–H groups in total. The minimum Gasteiger partial charge on any atom is -0.296 e. The summed E-state index contributed by atoms with van der Waals surface area (Å²) in [4.78, 5) is 17.9. The first-order valence-corrected chi connectivity index (χ1v) is 7.71. The van der Waals surface area contributed by atoms with Crippen LogP contribution in [0.3, 0.4) is 0 Å². The lowest BCUT2D eigenvalue weighted by atomic mass is 10.2. The van der Waals surface area contributed by atoms with Crippen molar-refractivity contribution in [2.75, 3.05) is 5.32 Å². The molecular formula is C14H18N4OS. The van der Waals surface area contributed by atoms with Gasteiger partial charge in [-0.15, -0.1) is 11.3 Å². The molecule has 1 aliphatic carbocycles. The summed E-state index contributed by atoms with van der Waals surface area (Å²) in [5.74, 6) is 0.417. The fraction of sp³-hybridized carbons (Fsp3) is 0.500. The van der Waals surface area contributed by atoms with Crippen molar-refractivity contribution in [1.82, 2.24) is 14.8 Å². The third-order valence-electron chi connectivity index (χ3n) is 3.57. The van der Waals surface area contributed by atoms with Gasteiger partial charge in [0.15, 0.2) is 5.13 Å². The van der Waals surface area contributed by atoms with Crippen molar-refractivity contribution in [2.45, 2.75) is 39.0 Å². The number of hydrogen-bond acceptors (Lipinski definition) is 4. The van der Waals surface area contributed by atoms with Crippen LogP contribution in [0.2, 0.25) is 0 Å². The van der Waals surface area contributed by atoms with Crippen LogP contribution >= 0.6 is 11.3 Å². The van der Waals surface area contributed by atoms with Gasteiger partial charge in [0.2, 0.25) is 0 Å². The van der Waals surface area contributed by atoms with E-state index in [9.17, 15) is 4.79 Å². The van der Waals surface area contributed by atoms with Crippen LogP contribution in [-0.2, 0) is 13.5 Å². The first-order chi connectivity index (χ1) is 9.58. The molecule has 0 spiro atoms. The van der Waals surface area contributed by atoms with Gasteiger partial charge in [-0.25, -0.2) is 4.98 Å². The van der Waals surface area contributed by atoms with E-state index in [4.69, 9.17) is 0 Å². The summed E-state index contributed by atoms with van der Waals surface area (Å²) in [6, 6.07) is 1.90. The molecule has 0 aromatic carbocycles. The third kappa shape index (κ3) is 2.47. The van der Waals surface area contributed by atoms with E-state index >= 15 is 0 Å². The number of hydrogen-bond donors (Lipinski definition) is 1. The van der Waals surface area contributed by atoms with Gasteiger partial charge >= 0.3 is 0 Å². The number of amides is 1.